The van der Waals surface area contributed by atoms with Gasteiger partial charge in [0.15, 0.2) is 0 Å². The number of hydrogen-bond donors (Lipinski definition) is 1. The van der Waals surface area contributed by atoms with E-state index in [0.717, 1.165) is 0 Å². The lowest BCUT2D eigenvalue weighted by molar-refractivity contribution is -0.116. The lowest BCUT2D eigenvalue weighted by Gasteiger charge is -2.26. The minimum absolute atomic E-state index is 0.0551. The molecule has 0 aliphatic carbocycles. The number of amides is 1. The molecule has 2 aromatic carbocycles. The van der Waals surface area contributed by atoms with E-state index in [4.69, 9.17) is 18.9 Å². The van der Waals surface area contributed by atoms with Gasteiger partial charge in [0.05, 0.1) is 56.3 Å². The van der Waals surface area contributed by atoms with Gasteiger partial charge in [0.1, 0.15) is 5.75 Å². The molecule has 0 bridgehead atoms. The second-order valence-electron chi connectivity index (χ2n) is 7.78. The summed E-state index contributed by atoms with van der Waals surface area (Å²) in [6.07, 6.45) is 0.103. The summed E-state index contributed by atoms with van der Waals surface area (Å²) >= 11 is 0. The summed E-state index contributed by atoms with van der Waals surface area (Å²) in [5.41, 5.74) is 0.821. The molecular formula is C24H28N2O9S. The summed E-state index contributed by atoms with van der Waals surface area (Å²) < 4.78 is 47.5. The van der Waals surface area contributed by atoms with Crippen LogP contribution in [0.3, 0.4) is 0 Å². The van der Waals surface area contributed by atoms with Crippen molar-refractivity contribution in [3.8, 4) is 5.75 Å². The number of ether oxygens (including phenoxy) is 4. The maximum absolute atomic E-state index is 13.0. The number of aryl methyl sites for hydroxylation is 1. The Kier molecular flexibility index (Phi) is 9.02. The van der Waals surface area contributed by atoms with E-state index in [2.05, 4.69) is 5.32 Å². The van der Waals surface area contributed by atoms with Gasteiger partial charge in [-0.25, -0.2) is 18.0 Å². The van der Waals surface area contributed by atoms with Crippen LogP contribution in [0.1, 0.15) is 32.7 Å². The van der Waals surface area contributed by atoms with Gasteiger partial charge in [-0.3, -0.25) is 4.79 Å². The zero-order valence-corrected chi connectivity index (χ0v) is 21.1. The van der Waals surface area contributed by atoms with Crippen molar-refractivity contribution in [1.82, 2.24) is 4.31 Å². The summed E-state index contributed by atoms with van der Waals surface area (Å²) in [4.78, 5) is 36.9. The Bertz CT molecular complexity index is 1240. The average molecular weight is 521 g/mol. The number of hydrogen-bond acceptors (Lipinski definition) is 9. The van der Waals surface area contributed by atoms with Crippen molar-refractivity contribution in [3.05, 3.63) is 53.1 Å². The quantitative estimate of drug-likeness (QED) is 0.491. The standard InChI is InChI=1S/C24H28N2O9S/c1-32-21-8-6-18(36(30,31)26-10-12-35-13-11-26)14-16(21)5-9-22(27)25-20-15-17(23(28)33-2)4-7-19(20)24(29)34-3/h4,6-8,14-15H,5,9-13H2,1-3H3,(H,25,27). The SMILES string of the molecule is COC(=O)c1ccc(C(=O)OC)c(NC(=O)CCc2cc(S(=O)(=O)N3CCOCC3)ccc2OC)c1. The number of morpholine rings is 1. The zero-order valence-electron chi connectivity index (χ0n) is 20.2. The molecule has 0 atom stereocenters. The molecule has 0 saturated carbocycles. The van der Waals surface area contributed by atoms with Gasteiger partial charge in [0.2, 0.25) is 15.9 Å². The molecule has 0 spiro atoms. The molecule has 1 aliphatic rings. The van der Waals surface area contributed by atoms with E-state index < -0.39 is 27.9 Å². The summed E-state index contributed by atoms with van der Waals surface area (Å²) in [5.74, 6) is -1.35. The van der Waals surface area contributed by atoms with E-state index in [-0.39, 0.29) is 47.6 Å². The van der Waals surface area contributed by atoms with Gasteiger partial charge in [-0.2, -0.15) is 4.31 Å². The molecule has 12 heteroatoms. The predicted octanol–water partition coefficient (Wildman–Crippen LogP) is 1.86. The molecule has 2 aromatic rings. The Morgan fingerprint density at radius 3 is 2.31 bits per heavy atom. The summed E-state index contributed by atoms with van der Waals surface area (Å²) in [5, 5.41) is 2.62. The Morgan fingerprint density at radius 1 is 0.972 bits per heavy atom. The highest BCUT2D eigenvalue weighted by atomic mass is 32.2. The minimum Gasteiger partial charge on any atom is -0.496 e. The van der Waals surface area contributed by atoms with Crippen molar-refractivity contribution in [2.24, 2.45) is 0 Å². The number of benzene rings is 2. The van der Waals surface area contributed by atoms with Crippen LogP contribution in [0, 0.1) is 0 Å². The maximum atomic E-state index is 13.0. The number of anilines is 1. The fraction of sp³-hybridized carbons (Fsp3) is 0.375. The van der Waals surface area contributed by atoms with E-state index in [1.807, 2.05) is 0 Å². The molecule has 3 rings (SSSR count). The first kappa shape index (κ1) is 27.1. The number of methoxy groups -OCH3 is 3. The zero-order chi connectivity index (χ0) is 26.3. The van der Waals surface area contributed by atoms with Crippen LogP contribution in [-0.2, 0) is 35.4 Å². The predicted molar refractivity (Wildman–Crippen MR) is 129 cm³/mol. The van der Waals surface area contributed by atoms with Crippen molar-refractivity contribution >= 4 is 33.6 Å². The molecule has 1 saturated heterocycles. The van der Waals surface area contributed by atoms with Crippen LogP contribution in [0.4, 0.5) is 5.69 Å². The molecule has 194 valence electrons. The lowest BCUT2D eigenvalue weighted by atomic mass is 10.1. The van der Waals surface area contributed by atoms with Crippen LogP contribution >= 0.6 is 0 Å². The first-order valence-electron chi connectivity index (χ1n) is 11.1. The molecule has 36 heavy (non-hydrogen) atoms. The monoisotopic (exact) mass is 520 g/mol. The molecule has 11 nitrogen and oxygen atoms in total. The lowest BCUT2D eigenvalue weighted by Crippen LogP contribution is -2.40. The fourth-order valence-electron chi connectivity index (χ4n) is 3.69. The highest BCUT2D eigenvalue weighted by molar-refractivity contribution is 7.89. The van der Waals surface area contributed by atoms with Crippen LogP contribution in [0.2, 0.25) is 0 Å². The molecule has 0 unspecified atom stereocenters. The first-order valence-corrected chi connectivity index (χ1v) is 12.5. The van der Waals surface area contributed by atoms with Gasteiger partial charge in [-0.05, 0) is 48.4 Å². The number of rotatable bonds is 9. The van der Waals surface area contributed by atoms with Gasteiger partial charge in [0.25, 0.3) is 0 Å². The van der Waals surface area contributed by atoms with E-state index in [0.29, 0.717) is 24.5 Å². The third-order valence-corrected chi connectivity index (χ3v) is 7.50. The first-order chi connectivity index (χ1) is 17.2. The molecular weight excluding hydrogens is 492 g/mol. The topological polar surface area (TPSA) is 138 Å². The van der Waals surface area contributed by atoms with E-state index in [9.17, 15) is 22.8 Å². The second kappa shape index (κ2) is 12.0. The Labute approximate surface area is 209 Å². The smallest absolute Gasteiger partial charge is 0.339 e. The van der Waals surface area contributed by atoms with Gasteiger partial charge in [0, 0.05) is 19.5 Å². The third kappa shape index (κ3) is 6.20. The summed E-state index contributed by atoms with van der Waals surface area (Å²) in [7, 11) is 0.145. The van der Waals surface area contributed by atoms with Crippen LogP contribution in [0.5, 0.6) is 5.75 Å². The number of carbonyl (C=O) groups excluding carboxylic acids is 3. The number of sulfonamides is 1. The number of carbonyl (C=O) groups is 3. The van der Waals surface area contributed by atoms with Crippen molar-refractivity contribution < 1.29 is 41.7 Å². The van der Waals surface area contributed by atoms with E-state index in [1.165, 1.54) is 56.0 Å². The minimum atomic E-state index is -3.73. The van der Waals surface area contributed by atoms with Crippen LogP contribution < -0.4 is 10.1 Å². The largest absolute Gasteiger partial charge is 0.496 e. The van der Waals surface area contributed by atoms with Gasteiger partial charge in [-0.1, -0.05) is 0 Å². The van der Waals surface area contributed by atoms with Gasteiger partial charge >= 0.3 is 11.9 Å². The molecule has 1 aliphatic heterocycles. The Morgan fingerprint density at radius 2 is 1.67 bits per heavy atom. The van der Waals surface area contributed by atoms with Gasteiger partial charge < -0.3 is 24.3 Å². The number of esters is 2. The van der Waals surface area contributed by atoms with Crippen LogP contribution in [0.25, 0.3) is 0 Å². The molecule has 1 N–H and O–H groups in total. The normalized spacial score (nSPS) is 14.1. The van der Waals surface area contributed by atoms with Crippen molar-refractivity contribution in [3.63, 3.8) is 0 Å². The Hall–Kier alpha value is -3.48. The van der Waals surface area contributed by atoms with Crippen LogP contribution in [0.15, 0.2) is 41.3 Å². The van der Waals surface area contributed by atoms with Crippen molar-refractivity contribution in [2.45, 2.75) is 17.7 Å². The van der Waals surface area contributed by atoms with Crippen molar-refractivity contribution in [2.75, 3.05) is 52.9 Å². The van der Waals surface area contributed by atoms with E-state index in [1.54, 1.807) is 6.07 Å². The van der Waals surface area contributed by atoms with E-state index >= 15 is 0 Å². The van der Waals surface area contributed by atoms with Crippen LogP contribution in [-0.4, -0.2) is 78.2 Å². The average Bonchev–Trinajstić information content (AvgIpc) is 2.91. The maximum Gasteiger partial charge on any atom is 0.339 e. The second-order valence-corrected chi connectivity index (χ2v) is 9.72. The molecule has 1 amide bonds. The molecule has 1 heterocycles. The fourth-order valence-corrected chi connectivity index (χ4v) is 5.15. The Balaban J connectivity index is 1.79. The molecule has 0 radical (unpaired) electrons. The third-order valence-electron chi connectivity index (χ3n) is 5.60. The number of nitrogens with zero attached hydrogens (tertiary/aromatic N) is 1. The highest BCUT2D eigenvalue weighted by Crippen LogP contribution is 2.27. The summed E-state index contributed by atoms with van der Waals surface area (Å²) in [6, 6.07) is 8.58. The molecule has 0 aromatic heterocycles. The highest BCUT2D eigenvalue weighted by Gasteiger charge is 2.27. The van der Waals surface area contributed by atoms with Gasteiger partial charge in [-0.15, -0.1) is 0 Å². The molecule has 1 fully saturated rings. The summed E-state index contributed by atoms with van der Waals surface area (Å²) in [6.45, 7) is 1.18. The van der Waals surface area contributed by atoms with Crippen molar-refractivity contribution in [1.29, 1.82) is 0 Å². The number of nitrogens with one attached hydrogen (secondary N) is 1.